The van der Waals surface area contributed by atoms with E-state index in [1.54, 1.807) is 29.2 Å². The zero-order chi connectivity index (χ0) is 13.8. The molecule has 19 heavy (non-hydrogen) atoms. The lowest BCUT2D eigenvalue weighted by atomic mass is 10.2. The molecule has 0 bridgehead atoms. The van der Waals surface area contributed by atoms with Crippen molar-refractivity contribution < 1.29 is 14.1 Å². The summed E-state index contributed by atoms with van der Waals surface area (Å²) in [6.45, 7) is 0.505. The van der Waals surface area contributed by atoms with Crippen molar-refractivity contribution in [3.63, 3.8) is 0 Å². The van der Waals surface area contributed by atoms with Crippen LogP contribution in [0.1, 0.15) is 10.4 Å². The van der Waals surface area contributed by atoms with Gasteiger partial charge in [-0.25, -0.2) is 4.79 Å². The van der Waals surface area contributed by atoms with Crippen molar-refractivity contribution in [3.8, 4) is 0 Å². The molecule has 0 aliphatic rings. The number of hydrogen-bond donors (Lipinski definition) is 1. The van der Waals surface area contributed by atoms with E-state index in [1.807, 2.05) is 0 Å². The van der Waals surface area contributed by atoms with E-state index in [1.165, 1.54) is 12.1 Å². The summed E-state index contributed by atoms with van der Waals surface area (Å²) in [6.07, 6.45) is 3.43. The zero-order valence-electron chi connectivity index (χ0n) is 9.82. The lowest BCUT2D eigenvalue weighted by molar-refractivity contribution is 0.0697. The Labute approximate surface area is 117 Å². The second-order valence-corrected chi connectivity index (χ2v) is 5.74. The molecule has 0 amide bonds. The van der Waals surface area contributed by atoms with Gasteiger partial charge in [0.1, 0.15) is 0 Å². The summed E-state index contributed by atoms with van der Waals surface area (Å²) in [6, 6.07) is 6.16. The first-order valence-corrected chi connectivity index (χ1v) is 7.16. The molecule has 100 valence electrons. The zero-order valence-corrected chi connectivity index (χ0v) is 11.4. The molecule has 2 aromatic rings. The lowest BCUT2D eigenvalue weighted by Gasteiger charge is -2.05. The third-order valence-corrected chi connectivity index (χ3v) is 4.16. The van der Waals surface area contributed by atoms with Gasteiger partial charge in [-0.05, 0) is 24.3 Å². The highest BCUT2D eigenvalue weighted by atomic mass is 35.5. The summed E-state index contributed by atoms with van der Waals surface area (Å²) in [5, 5.41) is 13.1. The summed E-state index contributed by atoms with van der Waals surface area (Å²) in [5.74, 6) is -0.765. The van der Waals surface area contributed by atoms with Crippen molar-refractivity contribution in [2.75, 3.05) is 5.75 Å². The fraction of sp³-hybridized carbons (Fsp3) is 0.167. The molecule has 0 aliphatic carbocycles. The monoisotopic (exact) mass is 298 g/mol. The Morgan fingerprint density at radius 1 is 1.47 bits per heavy atom. The van der Waals surface area contributed by atoms with Gasteiger partial charge in [0.2, 0.25) is 0 Å². The van der Waals surface area contributed by atoms with E-state index in [0.29, 0.717) is 17.2 Å². The average molecular weight is 299 g/mol. The Kier molecular flexibility index (Phi) is 4.34. The van der Waals surface area contributed by atoms with Gasteiger partial charge in [0.25, 0.3) is 0 Å². The highest BCUT2D eigenvalue weighted by molar-refractivity contribution is 7.85. The first-order chi connectivity index (χ1) is 9.08. The van der Waals surface area contributed by atoms with Crippen LogP contribution in [0.15, 0.2) is 41.6 Å². The van der Waals surface area contributed by atoms with Crippen LogP contribution in [0.25, 0.3) is 0 Å². The van der Waals surface area contributed by atoms with Crippen molar-refractivity contribution in [1.82, 2.24) is 9.78 Å². The van der Waals surface area contributed by atoms with Gasteiger partial charge in [-0.1, -0.05) is 11.6 Å². The second-order valence-electron chi connectivity index (χ2n) is 3.77. The molecule has 1 heterocycles. The number of carboxylic acid groups (broad SMARTS) is 1. The first kappa shape index (κ1) is 13.8. The molecule has 1 unspecified atom stereocenters. The van der Waals surface area contributed by atoms with Gasteiger partial charge in [-0.3, -0.25) is 8.89 Å². The predicted octanol–water partition coefficient (Wildman–Crippen LogP) is 2.04. The van der Waals surface area contributed by atoms with Crippen molar-refractivity contribution >= 4 is 28.4 Å². The third-order valence-electron chi connectivity index (χ3n) is 2.50. The minimum absolute atomic E-state index is 0.0356. The van der Waals surface area contributed by atoms with Crippen molar-refractivity contribution in [1.29, 1.82) is 0 Å². The van der Waals surface area contributed by atoms with Gasteiger partial charge in [-0.2, -0.15) is 5.10 Å². The molecular weight excluding hydrogens is 288 g/mol. The number of carbonyl (C=O) groups is 1. The molecule has 2 rings (SSSR count). The molecule has 7 heteroatoms. The highest BCUT2D eigenvalue weighted by Crippen LogP contribution is 2.19. The normalized spacial score (nSPS) is 12.3. The van der Waals surface area contributed by atoms with Gasteiger partial charge in [0, 0.05) is 23.0 Å². The topological polar surface area (TPSA) is 72.2 Å². The summed E-state index contributed by atoms with van der Waals surface area (Å²) in [5.41, 5.74) is -0.0356. The van der Waals surface area contributed by atoms with Gasteiger partial charge < -0.3 is 5.11 Å². The Hall–Kier alpha value is -1.66. The molecule has 0 fully saturated rings. The van der Waals surface area contributed by atoms with Gasteiger partial charge >= 0.3 is 5.97 Å². The number of rotatable bonds is 5. The minimum Gasteiger partial charge on any atom is -0.478 e. The Morgan fingerprint density at radius 2 is 2.26 bits per heavy atom. The molecule has 1 atom stereocenters. The number of hydrogen-bond acceptors (Lipinski definition) is 3. The van der Waals surface area contributed by atoms with Crippen LogP contribution in [-0.2, 0) is 17.3 Å². The molecule has 5 nitrogen and oxygen atoms in total. The SMILES string of the molecule is O=C(O)c1cc(S(=O)CCn2cccn2)ccc1Cl. The molecule has 0 spiro atoms. The molecule has 0 saturated carbocycles. The summed E-state index contributed by atoms with van der Waals surface area (Å²) in [4.78, 5) is 11.4. The molecule has 1 aromatic heterocycles. The third kappa shape index (κ3) is 3.42. The molecule has 0 radical (unpaired) electrons. The van der Waals surface area contributed by atoms with E-state index in [4.69, 9.17) is 16.7 Å². The number of carboxylic acids is 1. The van der Waals surface area contributed by atoms with Crippen LogP contribution in [0.3, 0.4) is 0 Å². The van der Waals surface area contributed by atoms with Crippen LogP contribution >= 0.6 is 11.6 Å². The van der Waals surface area contributed by atoms with Crippen LogP contribution in [-0.4, -0.2) is 30.8 Å². The van der Waals surface area contributed by atoms with Gasteiger partial charge in [0.05, 0.1) is 27.9 Å². The van der Waals surface area contributed by atoms with Crippen LogP contribution in [0, 0.1) is 0 Å². The number of nitrogens with zero attached hydrogens (tertiary/aromatic N) is 2. The summed E-state index contributed by atoms with van der Waals surface area (Å²) >= 11 is 5.76. The fourth-order valence-electron chi connectivity index (χ4n) is 1.54. The number of halogens is 1. The average Bonchev–Trinajstić information content (AvgIpc) is 2.89. The number of aryl methyl sites for hydroxylation is 1. The smallest absolute Gasteiger partial charge is 0.337 e. The first-order valence-electron chi connectivity index (χ1n) is 5.46. The standard InChI is InChI=1S/C12H11ClN2O3S/c13-11-3-2-9(8-10(11)12(16)17)19(18)7-6-15-5-1-4-14-15/h1-5,8H,6-7H2,(H,16,17). The van der Waals surface area contributed by atoms with E-state index in [2.05, 4.69) is 5.10 Å². The molecule has 1 aromatic carbocycles. The van der Waals surface area contributed by atoms with Crippen LogP contribution in [0.2, 0.25) is 5.02 Å². The Morgan fingerprint density at radius 3 is 2.89 bits per heavy atom. The van der Waals surface area contributed by atoms with Crippen molar-refractivity contribution in [3.05, 3.63) is 47.2 Å². The van der Waals surface area contributed by atoms with Crippen molar-refractivity contribution in [2.24, 2.45) is 0 Å². The maximum Gasteiger partial charge on any atom is 0.337 e. The number of benzene rings is 1. The van der Waals surface area contributed by atoms with E-state index < -0.39 is 16.8 Å². The van der Waals surface area contributed by atoms with Crippen LogP contribution in [0.4, 0.5) is 0 Å². The maximum atomic E-state index is 12.1. The lowest BCUT2D eigenvalue weighted by Crippen LogP contribution is -2.09. The van der Waals surface area contributed by atoms with E-state index >= 15 is 0 Å². The van der Waals surface area contributed by atoms with Gasteiger partial charge in [0.15, 0.2) is 0 Å². The second kappa shape index (κ2) is 5.99. The molecule has 0 saturated heterocycles. The summed E-state index contributed by atoms with van der Waals surface area (Å²) in [7, 11) is -1.29. The fourth-order valence-corrected chi connectivity index (χ4v) is 2.79. The number of aromatic nitrogens is 2. The largest absolute Gasteiger partial charge is 0.478 e. The molecular formula is C12H11ClN2O3S. The molecule has 1 N–H and O–H groups in total. The van der Waals surface area contributed by atoms with Crippen LogP contribution in [0.5, 0.6) is 0 Å². The Balaban J connectivity index is 2.11. The quantitative estimate of drug-likeness (QED) is 0.917. The van der Waals surface area contributed by atoms with E-state index in [-0.39, 0.29) is 10.6 Å². The van der Waals surface area contributed by atoms with E-state index in [0.717, 1.165) is 0 Å². The highest BCUT2D eigenvalue weighted by Gasteiger charge is 2.12. The molecule has 0 aliphatic heterocycles. The maximum absolute atomic E-state index is 12.1. The predicted molar refractivity (Wildman–Crippen MR) is 71.9 cm³/mol. The Bertz CT molecular complexity index is 613. The van der Waals surface area contributed by atoms with Gasteiger partial charge in [-0.15, -0.1) is 0 Å². The van der Waals surface area contributed by atoms with E-state index in [9.17, 15) is 9.00 Å². The van der Waals surface area contributed by atoms with Crippen molar-refractivity contribution in [2.45, 2.75) is 11.4 Å². The minimum atomic E-state index is -1.29. The van der Waals surface area contributed by atoms with Crippen LogP contribution < -0.4 is 0 Å². The number of aromatic carboxylic acids is 1. The summed E-state index contributed by atoms with van der Waals surface area (Å²) < 4.78 is 13.7.